The van der Waals surface area contributed by atoms with Gasteiger partial charge >= 0.3 is 0 Å². The first-order valence-corrected chi connectivity index (χ1v) is 9.12. The van der Waals surface area contributed by atoms with Gasteiger partial charge in [-0.1, -0.05) is 28.1 Å². The SMILES string of the molecule is CN(Cc1ccc(Br)cc1)C(=O)C1CCN(C(=O)C2CC2)CC1. The molecule has 0 bridgehead atoms. The van der Waals surface area contributed by atoms with Crippen molar-refractivity contribution in [1.82, 2.24) is 9.80 Å². The van der Waals surface area contributed by atoms with Crippen LogP contribution in [-0.2, 0) is 16.1 Å². The third kappa shape index (κ3) is 4.14. The predicted molar refractivity (Wildman–Crippen MR) is 92.6 cm³/mol. The van der Waals surface area contributed by atoms with E-state index in [0.29, 0.717) is 12.5 Å². The summed E-state index contributed by atoms with van der Waals surface area (Å²) in [6.45, 7) is 2.10. The molecular formula is C18H23BrN2O2. The molecule has 4 nitrogen and oxygen atoms in total. The molecule has 5 heteroatoms. The molecule has 2 fully saturated rings. The number of hydrogen-bond acceptors (Lipinski definition) is 2. The van der Waals surface area contributed by atoms with Crippen molar-refractivity contribution in [3.8, 4) is 0 Å². The highest BCUT2D eigenvalue weighted by Gasteiger charge is 2.36. The van der Waals surface area contributed by atoms with Crippen molar-refractivity contribution in [2.24, 2.45) is 11.8 Å². The monoisotopic (exact) mass is 378 g/mol. The molecule has 0 atom stereocenters. The van der Waals surface area contributed by atoms with Crippen LogP contribution >= 0.6 is 15.9 Å². The van der Waals surface area contributed by atoms with Crippen LogP contribution in [0.3, 0.4) is 0 Å². The highest BCUT2D eigenvalue weighted by Crippen LogP contribution is 2.32. The summed E-state index contributed by atoms with van der Waals surface area (Å²) in [5.41, 5.74) is 1.13. The Kier molecular flexibility index (Phi) is 5.05. The number of halogens is 1. The van der Waals surface area contributed by atoms with Crippen LogP contribution in [0.2, 0.25) is 0 Å². The summed E-state index contributed by atoms with van der Waals surface area (Å²) in [5.74, 6) is 0.839. The van der Waals surface area contributed by atoms with Gasteiger partial charge in [-0.25, -0.2) is 0 Å². The fraction of sp³-hybridized carbons (Fsp3) is 0.556. The molecule has 0 radical (unpaired) electrons. The first-order chi connectivity index (χ1) is 11.0. The topological polar surface area (TPSA) is 40.6 Å². The molecule has 1 aliphatic carbocycles. The second kappa shape index (κ2) is 7.04. The smallest absolute Gasteiger partial charge is 0.225 e. The molecule has 1 saturated carbocycles. The molecule has 0 aromatic heterocycles. The van der Waals surface area contributed by atoms with E-state index in [0.717, 1.165) is 48.8 Å². The average Bonchev–Trinajstić information content (AvgIpc) is 3.41. The standard InChI is InChI=1S/C18H23BrN2O2/c1-20(12-13-2-6-16(19)7-3-13)17(22)15-8-10-21(11-9-15)18(23)14-4-5-14/h2-3,6-7,14-15H,4-5,8-12H2,1H3. The van der Waals surface area contributed by atoms with Crippen molar-refractivity contribution in [2.45, 2.75) is 32.2 Å². The first kappa shape index (κ1) is 16.5. The lowest BCUT2D eigenvalue weighted by Gasteiger charge is -2.33. The number of carbonyl (C=O) groups is 2. The summed E-state index contributed by atoms with van der Waals surface area (Å²) in [5, 5.41) is 0. The van der Waals surface area contributed by atoms with Gasteiger partial charge in [0.25, 0.3) is 0 Å². The molecule has 124 valence electrons. The Morgan fingerprint density at radius 1 is 1.09 bits per heavy atom. The molecule has 23 heavy (non-hydrogen) atoms. The minimum atomic E-state index is 0.0544. The summed E-state index contributed by atoms with van der Waals surface area (Å²) in [6.07, 6.45) is 3.69. The fourth-order valence-corrected chi connectivity index (χ4v) is 3.45. The summed E-state index contributed by atoms with van der Waals surface area (Å²) in [6, 6.07) is 8.06. The van der Waals surface area contributed by atoms with E-state index in [1.54, 1.807) is 0 Å². The van der Waals surface area contributed by atoms with Gasteiger partial charge in [0.1, 0.15) is 0 Å². The number of piperidine rings is 1. The van der Waals surface area contributed by atoms with Crippen molar-refractivity contribution in [1.29, 1.82) is 0 Å². The van der Waals surface area contributed by atoms with Gasteiger partial charge < -0.3 is 9.80 Å². The molecule has 0 N–H and O–H groups in total. The van der Waals surface area contributed by atoms with E-state index in [2.05, 4.69) is 15.9 Å². The third-order valence-corrected chi connectivity index (χ3v) is 5.32. The zero-order chi connectivity index (χ0) is 16.4. The molecule has 0 spiro atoms. The van der Waals surface area contributed by atoms with E-state index in [-0.39, 0.29) is 17.7 Å². The highest BCUT2D eigenvalue weighted by molar-refractivity contribution is 9.10. The molecule has 1 aromatic rings. The summed E-state index contributed by atoms with van der Waals surface area (Å²) in [7, 11) is 1.87. The van der Waals surface area contributed by atoms with E-state index in [9.17, 15) is 9.59 Å². The lowest BCUT2D eigenvalue weighted by Crippen LogP contribution is -2.43. The first-order valence-electron chi connectivity index (χ1n) is 8.33. The normalized spacial score (nSPS) is 18.8. The number of benzene rings is 1. The van der Waals surface area contributed by atoms with Gasteiger partial charge in [0.15, 0.2) is 0 Å². The van der Waals surface area contributed by atoms with Gasteiger partial charge in [-0.3, -0.25) is 9.59 Å². The third-order valence-electron chi connectivity index (χ3n) is 4.79. The molecule has 2 amide bonds. The van der Waals surface area contributed by atoms with Gasteiger partial charge in [0.05, 0.1) is 0 Å². The van der Waals surface area contributed by atoms with E-state index in [1.807, 2.05) is 41.1 Å². The number of rotatable bonds is 4. The molecular weight excluding hydrogens is 356 g/mol. The van der Waals surface area contributed by atoms with Crippen LogP contribution in [0.25, 0.3) is 0 Å². The Hall–Kier alpha value is -1.36. The summed E-state index contributed by atoms with van der Waals surface area (Å²) >= 11 is 3.42. The zero-order valence-corrected chi connectivity index (χ0v) is 15.1. The van der Waals surface area contributed by atoms with Crippen molar-refractivity contribution in [3.05, 3.63) is 34.3 Å². The molecule has 2 aliphatic rings. The Morgan fingerprint density at radius 3 is 2.26 bits per heavy atom. The maximum Gasteiger partial charge on any atom is 0.225 e. The quantitative estimate of drug-likeness (QED) is 0.807. The molecule has 0 unspecified atom stereocenters. The van der Waals surface area contributed by atoms with Crippen LogP contribution in [0.5, 0.6) is 0 Å². The zero-order valence-electron chi connectivity index (χ0n) is 13.5. The van der Waals surface area contributed by atoms with Crippen molar-refractivity contribution >= 4 is 27.7 Å². The molecule has 3 rings (SSSR count). The van der Waals surface area contributed by atoms with E-state index >= 15 is 0 Å². The van der Waals surface area contributed by atoms with Gasteiger partial charge in [-0.2, -0.15) is 0 Å². The minimum absolute atomic E-state index is 0.0544. The van der Waals surface area contributed by atoms with Crippen molar-refractivity contribution < 1.29 is 9.59 Å². The molecule has 1 heterocycles. The van der Waals surface area contributed by atoms with Crippen LogP contribution in [0.4, 0.5) is 0 Å². The second-order valence-corrected chi connectivity index (χ2v) is 7.61. The minimum Gasteiger partial charge on any atom is -0.342 e. The van der Waals surface area contributed by atoms with Crippen LogP contribution < -0.4 is 0 Å². The Labute approximate surface area is 146 Å². The Balaban J connectivity index is 1.50. The molecule has 1 aromatic carbocycles. The van der Waals surface area contributed by atoms with Gasteiger partial charge in [-0.15, -0.1) is 0 Å². The van der Waals surface area contributed by atoms with Gasteiger partial charge in [0.2, 0.25) is 11.8 Å². The number of nitrogens with zero attached hydrogens (tertiary/aromatic N) is 2. The summed E-state index contributed by atoms with van der Waals surface area (Å²) in [4.78, 5) is 28.4. The maximum atomic E-state index is 12.6. The van der Waals surface area contributed by atoms with Crippen LogP contribution in [0, 0.1) is 11.8 Å². The number of carbonyl (C=O) groups excluding carboxylic acids is 2. The summed E-state index contributed by atoms with van der Waals surface area (Å²) < 4.78 is 1.04. The van der Waals surface area contributed by atoms with Crippen molar-refractivity contribution in [3.63, 3.8) is 0 Å². The largest absolute Gasteiger partial charge is 0.342 e. The van der Waals surface area contributed by atoms with Crippen LogP contribution in [0.1, 0.15) is 31.2 Å². The van der Waals surface area contributed by atoms with Crippen LogP contribution in [-0.4, -0.2) is 41.8 Å². The van der Waals surface area contributed by atoms with Gasteiger partial charge in [-0.05, 0) is 43.4 Å². The number of likely N-dealkylation sites (tertiary alicyclic amines) is 1. The van der Waals surface area contributed by atoms with Gasteiger partial charge in [0, 0.05) is 43.0 Å². The number of amides is 2. The maximum absolute atomic E-state index is 12.6. The number of hydrogen-bond donors (Lipinski definition) is 0. The molecule has 1 aliphatic heterocycles. The highest BCUT2D eigenvalue weighted by atomic mass is 79.9. The van der Waals surface area contributed by atoms with E-state index in [1.165, 1.54) is 0 Å². The lowest BCUT2D eigenvalue weighted by molar-refractivity contribution is -0.140. The average molecular weight is 379 g/mol. The second-order valence-electron chi connectivity index (χ2n) is 6.69. The Bertz CT molecular complexity index is 575. The predicted octanol–water partition coefficient (Wildman–Crippen LogP) is 3.06. The van der Waals surface area contributed by atoms with Crippen LogP contribution in [0.15, 0.2) is 28.7 Å². The van der Waals surface area contributed by atoms with Crippen molar-refractivity contribution in [2.75, 3.05) is 20.1 Å². The van der Waals surface area contributed by atoms with E-state index in [4.69, 9.17) is 0 Å². The fourth-order valence-electron chi connectivity index (χ4n) is 3.19. The Morgan fingerprint density at radius 2 is 1.70 bits per heavy atom. The molecule has 1 saturated heterocycles. The van der Waals surface area contributed by atoms with E-state index < -0.39 is 0 Å². The lowest BCUT2D eigenvalue weighted by atomic mass is 9.95.